The average molecular weight is 257 g/mol. The van der Waals surface area contributed by atoms with Crippen LogP contribution in [0.5, 0.6) is 5.75 Å². The topological polar surface area (TPSA) is 29.5 Å². The standard InChI is InChI=1S/C15H12FNO2/c16-12-5-7-13(8-6-12)17-9-11-3-1-2-4-14(11)19-10-15(17)18/h1-8H,9-10H2. The highest BCUT2D eigenvalue weighted by atomic mass is 19.1. The number of para-hydroxylation sites is 1. The van der Waals surface area contributed by atoms with Gasteiger partial charge in [0, 0.05) is 11.3 Å². The Morgan fingerprint density at radius 3 is 2.58 bits per heavy atom. The van der Waals surface area contributed by atoms with Crippen molar-refractivity contribution in [1.82, 2.24) is 0 Å². The van der Waals surface area contributed by atoms with Gasteiger partial charge in [-0.25, -0.2) is 4.39 Å². The van der Waals surface area contributed by atoms with Crippen molar-refractivity contribution in [2.75, 3.05) is 11.5 Å². The van der Waals surface area contributed by atoms with Crippen LogP contribution >= 0.6 is 0 Å². The summed E-state index contributed by atoms with van der Waals surface area (Å²) in [5.74, 6) is 0.269. The van der Waals surface area contributed by atoms with Gasteiger partial charge in [-0.1, -0.05) is 18.2 Å². The summed E-state index contributed by atoms with van der Waals surface area (Å²) in [6, 6.07) is 13.4. The van der Waals surface area contributed by atoms with Crippen LogP contribution in [0.4, 0.5) is 10.1 Å². The molecule has 0 radical (unpaired) electrons. The van der Waals surface area contributed by atoms with Crippen LogP contribution in [-0.4, -0.2) is 12.5 Å². The molecule has 96 valence electrons. The van der Waals surface area contributed by atoms with Gasteiger partial charge in [0.2, 0.25) is 0 Å². The van der Waals surface area contributed by atoms with Crippen LogP contribution in [-0.2, 0) is 11.3 Å². The minimum Gasteiger partial charge on any atom is -0.483 e. The minimum absolute atomic E-state index is 0.00557. The Hall–Kier alpha value is -2.36. The van der Waals surface area contributed by atoms with Gasteiger partial charge in [-0.3, -0.25) is 4.79 Å². The van der Waals surface area contributed by atoms with E-state index in [1.807, 2.05) is 24.3 Å². The number of anilines is 1. The van der Waals surface area contributed by atoms with E-state index in [0.717, 1.165) is 11.3 Å². The Morgan fingerprint density at radius 2 is 1.79 bits per heavy atom. The number of carbonyl (C=O) groups excluding carboxylic acids is 1. The first-order valence-electron chi connectivity index (χ1n) is 6.01. The number of benzene rings is 2. The molecule has 0 saturated carbocycles. The fraction of sp³-hybridized carbons (Fsp3) is 0.133. The molecule has 1 aliphatic rings. The molecule has 0 bridgehead atoms. The molecule has 0 atom stereocenters. The first kappa shape index (κ1) is 11.7. The first-order chi connectivity index (χ1) is 9.24. The SMILES string of the molecule is O=C1COc2ccccc2CN1c1ccc(F)cc1. The van der Waals surface area contributed by atoms with E-state index in [0.29, 0.717) is 12.2 Å². The maximum Gasteiger partial charge on any atom is 0.265 e. The smallest absolute Gasteiger partial charge is 0.265 e. The molecule has 0 saturated heterocycles. The van der Waals surface area contributed by atoms with Crippen LogP contribution in [0.15, 0.2) is 48.5 Å². The number of hydrogen-bond donors (Lipinski definition) is 0. The van der Waals surface area contributed by atoms with Gasteiger partial charge in [0.05, 0.1) is 6.54 Å². The molecule has 3 nitrogen and oxygen atoms in total. The highest BCUT2D eigenvalue weighted by Crippen LogP contribution is 2.26. The Kier molecular flexibility index (Phi) is 2.91. The summed E-state index contributed by atoms with van der Waals surface area (Å²) in [7, 11) is 0. The number of ether oxygens (including phenoxy) is 1. The third kappa shape index (κ3) is 2.29. The lowest BCUT2D eigenvalue weighted by Gasteiger charge is -2.20. The van der Waals surface area contributed by atoms with Crippen molar-refractivity contribution in [3.05, 3.63) is 59.9 Å². The fourth-order valence-electron chi connectivity index (χ4n) is 2.11. The molecule has 4 heteroatoms. The van der Waals surface area contributed by atoms with Gasteiger partial charge in [0.15, 0.2) is 6.61 Å². The molecule has 1 aliphatic heterocycles. The van der Waals surface area contributed by atoms with E-state index in [-0.39, 0.29) is 18.3 Å². The summed E-state index contributed by atoms with van der Waals surface area (Å²) in [4.78, 5) is 13.7. The van der Waals surface area contributed by atoms with Crippen LogP contribution in [0.2, 0.25) is 0 Å². The maximum atomic E-state index is 12.9. The third-order valence-electron chi connectivity index (χ3n) is 3.09. The normalized spacial score (nSPS) is 14.6. The molecule has 2 aromatic carbocycles. The van der Waals surface area contributed by atoms with Crippen molar-refractivity contribution in [3.8, 4) is 5.75 Å². The van der Waals surface area contributed by atoms with E-state index < -0.39 is 0 Å². The summed E-state index contributed by atoms with van der Waals surface area (Å²) in [5, 5.41) is 0. The molecular weight excluding hydrogens is 245 g/mol. The maximum absolute atomic E-state index is 12.9. The van der Waals surface area contributed by atoms with Gasteiger partial charge in [0.25, 0.3) is 5.91 Å². The highest BCUT2D eigenvalue weighted by Gasteiger charge is 2.22. The van der Waals surface area contributed by atoms with Gasteiger partial charge >= 0.3 is 0 Å². The van der Waals surface area contributed by atoms with Gasteiger partial charge in [0.1, 0.15) is 11.6 Å². The quantitative estimate of drug-likeness (QED) is 0.786. The van der Waals surface area contributed by atoms with Crippen LogP contribution < -0.4 is 9.64 Å². The molecule has 2 aromatic rings. The Balaban J connectivity index is 1.97. The molecule has 0 aromatic heterocycles. The summed E-state index contributed by atoms with van der Waals surface area (Å²) in [6.07, 6.45) is 0. The van der Waals surface area contributed by atoms with E-state index in [2.05, 4.69) is 0 Å². The molecule has 0 unspecified atom stereocenters. The van der Waals surface area contributed by atoms with Crippen LogP contribution in [0.1, 0.15) is 5.56 Å². The number of rotatable bonds is 1. The zero-order valence-corrected chi connectivity index (χ0v) is 10.2. The Bertz CT molecular complexity index is 610. The molecule has 3 rings (SSSR count). The number of carbonyl (C=O) groups is 1. The van der Waals surface area contributed by atoms with Gasteiger partial charge in [-0.15, -0.1) is 0 Å². The van der Waals surface area contributed by atoms with E-state index in [1.54, 1.807) is 17.0 Å². The van der Waals surface area contributed by atoms with Gasteiger partial charge in [-0.05, 0) is 30.3 Å². The molecule has 1 amide bonds. The van der Waals surface area contributed by atoms with Crippen molar-refractivity contribution < 1.29 is 13.9 Å². The lowest BCUT2D eigenvalue weighted by Crippen LogP contribution is -2.32. The van der Waals surface area contributed by atoms with E-state index in [1.165, 1.54) is 12.1 Å². The number of hydrogen-bond acceptors (Lipinski definition) is 2. The number of amides is 1. The molecule has 19 heavy (non-hydrogen) atoms. The third-order valence-corrected chi connectivity index (χ3v) is 3.09. The van der Waals surface area contributed by atoms with E-state index in [4.69, 9.17) is 4.74 Å². The second kappa shape index (κ2) is 4.72. The summed E-state index contributed by atoms with van der Waals surface area (Å²) < 4.78 is 18.4. The van der Waals surface area contributed by atoms with E-state index >= 15 is 0 Å². The van der Waals surface area contributed by atoms with Crippen molar-refractivity contribution in [1.29, 1.82) is 0 Å². The molecule has 0 aliphatic carbocycles. The summed E-state index contributed by atoms with van der Waals surface area (Å²) in [6.45, 7) is 0.426. The summed E-state index contributed by atoms with van der Waals surface area (Å²) in [5.41, 5.74) is 1.62. The monoisotopic (exact) mass is 257 g/mol. The Labute approximate surface area is 110 Å². The molecule has 1 heterocycles. The average Bonchev–Trinajstić information content (AvgIpc) is 2.60. The molecule has 0 N–H and O–H groups in total. The van der Waals surface area contributed by atoms with Crippen LogP contribution in [0.25, 0.3) is 0 Å². The van der Waals surface area contributed by atoms with Crippen LogP contribution in [0.3, 0.4) is 0 Å². The predicted molar refractivity (Wildman–Crippen MR) is 69.5 cm³/mol. The van der Waals surface area contributed by atoms with Gasteiger partial charge < -0.3 is 9.64 Å². The number of fused-ring (bicyclic) bond motifs is 1. The molecule has 0 spiro atoms. The zero-order chi connectivity index (χ0) is 13.2. The van der Waals surface area contributed by atoms with Crippen molar-refractivity contribution in [3.63, 3.8) is 0 Å². The lowest BCUT2D eigenvalue weighted by atomic mass is 10.2. The number of nitrogens with zero attached hydrogens (tertiary/aromatic N) is 1. The predicted octanol–water partition coefficient (Wildman–Crippen LogP) is 2.75. The second-order valence-corrected chi connectivity index (χ2v) is 4.35. The van der Waals surface area contributed by atoms with Crippen molar-refractivity contribution in [2.45, 2.75) is 6.54 Å². The fourth-order valence-corrected chi connectivity index (χ4v) is 2.11. The molecular formula is C15H12FNO2. The van der Waals surface area contributed by atoms with E-state index in [9.17, 15) is 9.18 Å². The second-order valence-electron chi connectivity index (χ2n) is 4.35. The highest BCUT2D eigenvalue weighted by molar-refractivity contribution is 5.94. The van der Waals surface area contributed by atoms with Crippen molar-refractivity contribution >= 4 is 11.6 Å². The zero-order valence-electron chi connectivity index (χ0n) is 10.2. The van der Waals surface area contributed by atoms with Gasteiger partial charge in [-0.2, -0.15) is 0 Å². The molecule has 0 fully saturated rings. The largest absolute Gasteiger partial charge is 0.483 e. The Morgan fingerprint density at radius 1 is 1.05 bits per heavy atom. The first-order valence-corrected chi connectivity index (χ1v) is 6.01. The van der Waals surface area contributed by atoms with Crippen molar-refractivity contribution in [2.24, 2.45) is 0 Å². The lowest BCUT2D eigenvalue weighted by molar-refractivity contribution is -0.120. The number of halogens is 1. The summed E-state index contributed by atoms with van der Waals surface area (Å²) >= 11 is 0. The van der Waals surface area contributed by atoms with Crippen LogP contribution in [0, 0.1) is 5.82 Å². The minimum atomic E-state index is -0.317.